The van der Waals surface area contributed by atoms with Crippen LogP contribution in [0.2, 0.25) is 0 Å². The molecule has 0 aliphatic heterocycles. The van der Waals surface area contributed by atoms with E-state index in [0.29, 0.717) is 6.07 Å². The van der Waals surface area contributed by atoms with Gasteiger partial charge in [0, 0.05) is 0 Å². The van der Waals surface area contributed by atoms with Gasteiger partial charge in [-0.05, 0) is 11.5 Å². The smallest absolute Gasteiger partial charge is 0.445 e. The molecule has 0 saturated carbocycles. The summed E-state index contributed by atoms with van der Waals surface area (Å²) < 4.78 is 36.9. The van der Waals surface area contributed by atoms with Crippen LogP contribution in [0.5, 0.6) is 0 Å². The molecule has 0 atom stereocenters. The van der Waals surface area contributed by atoms with Gasteiger partial charge in [0.1, 0.15) is 5.69 Å². The monoisotopic (exact) mass is 205 g/mol. The van der Waals surface area contributed by atoms with Gasteiger partial charge in [-0.15, -0.1) is 0 Å². The molecule has 14 heavy (non-hydrogen) atoms. The van der Waals surface area contributed by atoms with E-state index in [1.807, 2.05) is 0 Å². The van der Waals surface area contributed by atoms with Gasteiger partial charge in [0.25, 0.3) is 5.69 Å². The van der Waals surface area contributed by atoms with Crippen molar-refractivity contribution in [2.24, 2.45) is 0 Å². The Labute approximate surface area is 76.7 Å². The number of nitrogens with zero attached hydrogens (tertiary/aromatic N) is 1. The van der Waals surface area contributed by atoms with E-state index in [-0.39, 0.29) is 0 Å². The summed E-state index contributed by atoms with van der Waals surface area (Å²) in [7, 11) is 0. The average molecular weight is 205 g/mol. The van der Waals surface area contributed by atoms with Crippen LogP contribution < -0.4 is 11.2 Å². The molecule has 1 aromatic carbocycles. The normalized spacial score (nSPS) is 11.4. The largest absolute Gasteiger partial charge is 0.516 e. The Bertz CT molecular complexity index is 380. The van der Waals surface area contributed by atoms with E-state index in [0.717, 1.165) is 12.1 Å². The average Bonchev–Trinajstić information content (AvgIpc) is 2.01. The molecule has 0 bridgehead atoms. The summed E-state index contributed by atoms with van der Waals surface area (Å²) in [6.45, 7) is -5.41. The molecule has 0 heterocycles. The van der Waals surface area contributed by atoms with E-state index >= 15 is 0 Å². The van der Waals surface area contributed by atoms with Gasteiger partial charge in [-0.25, -0.2) is 0 Å². The maximum Gasteiger partial charge on any atom is 0.516 e. The molecule has 0 aliphatic rings. The lowest BCUT2D eigenvalue weighted by Gasteiger charge is -2.15. The number of rotatable bonds is 2. The zero-order valence-corrected chi connectivity index (χ0v) is 6.78. The third-order valence-corrected chi connectivity index (χ3v) is 1.63. The molecule has 2 N–H and O–H groups in total. The van der Waals surface area contributed by atoms with E-state index in [2.05, 4.69) is 0 Å². The highest BCUT2D eigenvalue weighted by molar-refractivity contribution is 6.75. The van der Waals surface area contributed by atoms with Crippen molar-refractivity contribution in [1.82, 2.24) is 0 Å². The molecule has 1 aromatic rings. The van der Waals surface area contributed by atoms with Gasteiger partial charge < -0.3 is 18.7 Å². The van der Waals surface area contributed by atoms with Crippen molar-refractivity contribution in [3.05, 3.63) is 28.3 Å². The van der Waals surface area contributed by atoms with E-state index in [1.54, 1.807) is 0 Å². The van der Waals surface area contributed by atoms with Gasteiger partial charge in [0.05, 0.1) is 4.92 Å². The van der Waals surface area contributed by atoms with Crippen molar-refractivity contribution in [2.45, 2.75) is 0 Å². The number of nitro groups is 1. The number of nitrogens with two attached hydrogens (primary N) is 1. The first-order valence-corrected chi connectivity index (χ1v) is 3.56. The molecule has 0 radical (unpaired) electrons. The summed E-state index contributed by atoms with van der Waals surface area (Å²) in [6.07, 6.45) is 0. The summed E-state index contributed by atoms with van der Waals surface area (Å²) in [5, 5.41) is 10.3. The van der Waals surface area contributed by atoms with Gasteiger partial charge in [-0.1, -0.05) is 12.1 Å². The van der Waals surface area contributed by atoms with Crippen molar-refractivity contribution < 1.29 is 17.9 Å². The second-order valence-electron chi connectivity index (χ2n) is 2.62. The van der Waals surface area contributed by atoms with Crippen LogP contribution in [0.3, 0.4) is 0 Å². The van der Waals surface area contributed by atoms with Crippen molar-refractivity contribution >= 4 is 23.8 Å². The molecule has 8 heteroatoms. The minimum absolute atomic E-state index is 0.480. The Balaban J connectivity index is 3.44. The van der Waals surface area contributed by atoms with E-state index in [4.69, 9.17) is 5.73 Å². The third kappa shape index (κ3) is 1.78. The van der Waals surface area contributed by atoms with E-state index < -0.39 is 28.7 Å². The number of hydrogen-bond donors (Lipinski definition) is 1. The highest BCUT2D eigenvalue weighted by atomic mass is 19.4. The Morgan fingerprint density at radius 2 is 1.93 bits per heavy atom. The van der Waals surface area contributed by atoms with Crippen molar-refractivity contribution in [1.29, 1.82) is 0 Å². The first kappa shape index (κ1) is 10.4. The van der Waals surface area contributed by atoms with Crippen LogP contribution in [0.25, 0.3) is 0 Å². The lowest BCUT2D eigenvalue weighted by Crippen LogP contribution is -2.36. The summed E-state index contributed by atoms with van der Waals surface area (Å²) in [4.78, 5) is 9.20. The number of halogens is 3. The van der Waals surface area contributed by atoms with Gasteiger partial charge in [-0.2, -0.15) is 0 Å². The maximum atomic E-state index is 12.3. The first-order chi connectivity index (χ1) is 6.34. The summed E-state index contributed by atoms with van der Waals surface area (Å²) in [6, 6.07) is 2.74. The molecule has 0 unspecified atom stereocenters. The van der Waals surface area contributed by atoms with Crippen LogP contribution in [-0.4, -0.2) is 11.9 Å². The second kappa shape index (κ2) is 3.20. The number of nitro benzene ring substituents is 1. The molecule has 4 nitrogen and oxygen atoms in total. The second-order valence-corrected chi connectivity index (χ2v) is 2.62. The molecule has 0 aliphatic carbocycles. The van der Waals surface area contributed by atoms with Crippen LogP contribution >= 0.6 is 0 Å². The van der Waals surface area contributed by atoms with E-state index in [9.17, 15) is 23.1 Å². The Kier molecular flexibility index (Phi) is 2.37. The SMILES string of the molecule is Nc1cccc([B-](F)(F)F)c1[N+](=O)[O-]. The van der Waals surface area contributed by atoms with Gasteiger partial charge in [-0.3, -0.25) is 10.1 Å². The number of nitrogen functional groups attached to an aromatic ring is 1. The number of anilines is 1. The molecule has 1 rings (SSSR count). The van der Waals surface area contributed by atoms with Crippen LogP contribution in [0.15, 0.2) is 18.2 Å². The predicted molar refractivity (Wildman–Crippen MR) is 46.2 cm³/mol. The maximum absolute atomic E-state index is 12.3. The summed E-state index contributed by atoms with van der Waals surface area (Å²) >= 11 is 0. The fraction of sp³-hybridized carbons (Fsp3) is 0. The minimum atomic E-state index is -5.41. The third-order valence-electron chi connectivity index (χ3n) is 1.63. The highest BCUT2D eigenvalue weighted by Crippen LogP contribution is 2.23. The Morgan fingerprint density at radius 1 is 1.36 bits per heavy atom. The summed E-state index contributed by atoms with van der Waals surface area (Å²) in [5.74, 6) is 0. The van der Waals surface area contributed by atoms with Crippen molar-refractivity contribution in [3.63, 3.8) is 0 Å². The molecular weight excluding hydrogens is 200 g/mol. The number of para-hydroxylation sites is 1. The quantitative estimate of drug-likeness (QED) is 0.341. The molecule has 0 saturated heterocycles. The molecule has 0 spiro atoms. The van der Waals surface area contributed by atoms with Crippen LogP contribution in [0.1, 0.15) is 0 Å². The lowest BCUT2D eigenvalue weighted by molar-refractivity contribution is -0.382. The number of hydrogen-bond acceptors (Lipinski definition) is 3. The zero-order valence-electron chi connectivity index (χ0n) is 6.78. The topological polar surface area (TPSA) is 69.2 Å². The van der Waals surface area contributed by atoms with Crippen LogP contribution in [-0.2, 0) is 0 Å². The Morgan fingerprint density at radius 3 is 2.29 bits per heavy atom. The standard InChI is InChI=1S/C6H5BF3N2O2/c8-7(9,10)4-2-1-3-5(11)6(4)12(13)14/h1-3H,11H2/q-1. The molecular formula is C6H5BF3N2O2-. The zero-order chi connectivity index (χ0) is 10.9. The number of benzene rings is 1. The molecule has 0 fully saturated rings. The fourth-order valence-corrected chi connectivity index (χ4v) is 1.05. The Hall–Kier alpha value is -1.73. The fourth-order valence-electron chi connectivity index (χ4n) is 1.05. The summed E-state index contributed by atoms with van der Waals surface area (Å²) in [5.41, 5.74) is 2.27. The van der Waals surface area contributed by atoms with Crippen LogP contribution in [0.4, 0.5) is 24.3 Å². The minimum Gasteiger partial charge on any atom is -0.445 e. The molecule has 0 aromatic heterocycles. The molecule has 0 amide bonds. The highest BCUT2D eigenvalue weighted by Gasteiger charge is 2.34. The van der Waals surface area contributed by atoms with E-state index in [1.165, 1.54) is 0 Å². The van der Waals surface area contributed by atoms with Crippen LogP contribution in [0, 0.1) is 10.1 Å². The first-order valence-electron chi connectivity index (χ1n) is 3.56. The predicted octanol–water partition coefficient (Wildman–Crippen LogP) is 1.23. The van der Waals surface area contributed by atoms with Gasteiger partial charge in [0.2, 0.25) is 0 Å². The van der Waals surface area contributed by atoms with Gasteiger partial charge >= 0.3 is 6.98 Å². The van der Waals surface area contributed by atoms with Crippen molar-refractivity contribution in [2.75, 3.05) is 5.73 Å². The van der Waals surface area contributed by atoms with Gasteiger partial charge in [0.15, 0.2) is 0 Å². The van der Waals surface area contributed by atoms with Crippen molar-refractivity contribution in [3.8, 4) is 0 Å². The molecule has 76 valence electrons. The lowest BCUT2D eigenvalue weighted by atomic mass is 9.78.